The van der Waals surface area contributed by atoms with Crippen molar-refractivity contribution in [3.05, 3.63) is 53.2 Å². The number of benzene rings is 1. The van der Waals surface area contributed by atoms with Crippen LogP contribution in [0.5, 0.6) is 0 Å². The number of carbonyl (C=O) groups is 1. The molecule has 0 N–H and O–H groups in total. The molecule has 1 amide bonds. The van der Waals surface area contributed by atoms with E-state index in [1.165, 1.54) is 17.4 Å². The zero-order valence-corrected chi connectivity index (χ0v) is 13.2. The summed E-state index contributed by atoms with van der Waals surface area (Å²) in [5.74, 6) is -0.267. The minimum absolute atomic E-state index is 0.0363. The maximum atomic E-state index is 13.7. The van der Waals surface area contributed by atoms with E-state index >= 15 is 0 Å². The molecular weight excluding hydrogens is 285 g/mol. The van der Waals surface area contributed by atoms with Gasteiger partial charge in [-0.1, -0.05) is 18.2 Å². The molecular formula is C17H18FNOS. The van der Waals surface area contributed by atoms with Gasteiger partial charge in [-0.25, -0.2) is 4.39 Å². The van der Waals surface area contributed by atoms with E-state index in [4.69, 9.17) is 0 Å². The lowest BCUT2D eigenvalue weighted by Gasteiger charge is -2.19. The van der Waals surface area contributed by atoms with Gasteiger partial charge in [0.2, 0.25) is 5.91 Å². The molecule has 1 aromatic heterocycles. The van der Waals surface area contributed by atoms with Crippen LogP contribution in [-0.2, 0) is 4.79 Å². The number of carbonyl (C=O) groups excluding carboxylic acids is 1. The van der Waals surface area contributed by atoms with Gasteiger partial charge >= 0.3 is 0 Å². The molecule has 0 saturated carbocycles. The molecule has 2 aromatic rings. The molecule has 0 fully saturated rings. The Morgan fingerprint density at radius 1 is 1.24 bits per heavy atom. The van der Waals surface area contributed by atoms with Crippen molar-refractivity contribution in [1.29, 1.82) is 0 Å². The predicted molar refractivity (Wildman–Crippen MR) is 86.7 cm³/mol. The average Bonchev–Trinajstić information content (AvgIpc) is 2.93. The van der Waals surface area contributed by atoms with Crippen molar-refractivity contribution in [2.45, 2.75) is 19.9 Å². The largest absolute Gasteiger partial charge is 0.340 e. The highest BCUT2D eigenvalue weighted by atomic mass is 32.1. The smallest absolute Gasteiger partial charge is 0.246 e. The summed E-state index contributed by atoms with van der Waals surface area (Å²) < 4.78 is 13.7. The van der Waals surface area contributed by atoms with Crippen LogP contribution in [0, 0.1) is 5.82 Å². The number of hydrogen-bond acceptors (Lipinski definition) is 2. The zero-order chi connectivity index (χ0) is 15.4. The highest BCUT2D eigenvalue weighted by Gasteiger charge is 2.09. The first-order valence-corrected chi connectivity index (χ1v) is 7.60. The molecule has 21 heavy (non-hydrogen) atoms. The highest BCUT2D eigenvalue weighted by molar-refractivity contribution is 7.16. The SMILES string of the molecule is CC(C)N(C)C(=O)/C=C/c1ccc(-c2ccccc2F)s1. The molecule has 0 atom stereocenters. The summed E-state index contributed by atoms with van der Waals surface area (Å²) in [7, 11) is 1.77. The fraction of sp³-hybridized carbons (Fsp3) is 0.235. The summed E-state index contributed by atoms with van der Waals surface area (Å²) >= 11 is 1.46. The Kier molecular flexibility index (Phi) is 4.91. The standard InChI is InChI=1S/C17H18FNOS/c1-12(2)19(3)17(20)11-9-13-8-10-16(21-13)14-6-4-5-7-15(14)18/h4-12H,1-3H3/b11-9+. The topological polar surface area (TPSA) is 20.3 Å². The van der Waals surface area contributed by atoms with Crippen LogP contribution in [0.4, 0.5) is 4.39 Å². The molecule has 0 aliphatic carbocycles. The molecule has 1 heterocycles. The van der Waals surface area contributed by atoms with Crippen LogP contribution in [0.3, 0.4) is 0 Å². The fourth-order valence-electron chi connectivity index (χ4n) is 1.77. The van der Waals surface area contributed by atoms with Gasteiger partial charge in [0.05, 0.1) is 0 Å². The number of likely N-dealkylation sites (N-methyl/N-ethyl adjacent to an activating group) is 1. The molecule has 2 nitrogen and oxygen atoms in total. The normalized spacial score (nSPS) is 11.3. The van der Waals surface area contributed by atoms with E-state index in [2.05, 4.69) is 0 Å². The van der Waals surface area contributed by atoms with Crippen LogP contribution >= 0.6 is 11.3 Å². The summed E-state index contributed by atoms with van der Waals surface area (Å²) in [4.78, 5) is 15.3. The van der Waals surface area contributed by atoms with E-state index in [0.717, 1.165) is 9.75 Å². The van der Waals surface area contributed by atoms with Gasteiger partial charge in [-0.05, 0) is 38.1 Å². The van der Waals surface area contributed by atoms with Crippen molar-refractivity contribution < 1.29 is 9.18 Å². The Morgan fingerprint density at radius 2 is 1.95 bits per heavy atom. The number of nitrogens with zero attached hydrogens (tertiary/aromatic N) is 1. The van der Waals surface area contributed by atoms with Crippen LogP contribution in [0.25, 0.3) is 16.5 Å². The quantitative estimate of drug-likeness (QED) is 0.765. The highest BCUT2D eigenvalue weighted by Crippen LogP contribution is 2.30. The van der Waals surface area contributed by atoms with E-state index in [0.29, 0.717) is 5.56 Å². The van der Waals surface area contributed by atoms with E-state index < -0.39 is 0 Å². The van der Waals surface area contributed by atoms with Crippen LogP contribution in [0.2, 0.25) is 0 Å². The number of hydrogen-bond donors (Lipinski definition) is 0. The molecule has 0 aliphatic heterocycles. The van der Waals surface area contributed by atoms with Gasteiger partial charge in [0.25, 0.3) is 0 Å². The zero-order valence-electron chi connectivity index (χ0n) is 12.3. The van der Waals surface area contributed by atoms with Gasteiger partial charge in [0, 0.05) is 34.5 Å². The van der Waals surface area contributed by atoms with Crippen molar-refractivity contribution in [3.63, 3.8) is 0 Å². The monoisotopic (exact) mass is 303 g/mol. The van der Waals surface area contributed by atoms with Crippen molar-refractivity contribution in [2.75, 3.05) is 7.05 Å². The first-order chi connectivity index (χ1) is 9.99. The minimum Gasteiger partial charge on any atom is -0.340 e. The van der Waals surface area contributed by atoms with Crippen LogP contribution in [0.15, 0.2) is 42.5 Å². The Balaban J connectivity index is 2.14. The fourth-order valence-corrected chi connectivity index (χ4v) is 2.71. The molecule has 0 unspecified atom stereocenters. The first kappa shape index (κ1) is 15.4. The summed E-state index contributed by atoms with van der Waals surface area (Å²) in [6.07, 6.45) is 3.33. The van der Waals surface area contributed by atoms with Gasteiger partial charge in [0.15, 0.2) is 0 Å². The van der Waals surface area contributed by atoms with Gasteiger partial charge < -0.3 is 4.90 Å². The molecule has 0 aliphatic rings. The van der Waals surface area contributed by atoms with E-state index in [1.807, 2.05) is 32.0 Å². The Bertz CT molecular complexity index is 660. The van der Waals surface area contributed by atoms with Crippen LogP contribution in [0.1, 0.15) is 18.7 Å². The first-order valence-electron chi connectivity index (χ1n) is 6.78. The molecule has 1 aromatic carbocycles. The molecule has 0 radical (unpaired) electrons. The van der Waals surface area contributed by atoms with E-state index in [1.54, 1.807) is 36.2 Å². The summed E-state index contributed by atoms with van der Waals surface area (Å²) in [5.41, 5.74) is 0.591. The maximum Gasteiger partial charge on any atom is 0.246 e. The summed E-state index contributed by atoms with van der Waals surface area (Å²) in [5, 5.41) is 0. The molecule has 2 rings (SSSR count). The number of amides is 1. The minimum atomic E-state index is -0.231. The number of thiophene rings is 1. The van der Waals surface area contributed by atoms with Crippen LogP contribution in [-0.4, -0.2) is 23.9 Å². The van der Waals surface area contributed by atoms with Crippen LogP contribution < -0.4 is 0 Å². The second-order valence-corrected chi connectivity index (χ2v) is 6.17. The summed E-state index contributed by atoms with van der Waals surface area (Å²) in [6.45, 7) is 3.93. The lowest BCUT2D eigenvalue weighted by molar-refractivity contribution is -0.126. The Morgan fingerprint density at radius 3 is 2.62 bits per heavy atom. The second-order valence-electron chi connectivity index (χ2n) is 5.06. The number of halogens is 1. The lowest BCUT2D eigenvalue weighted by atomic mass is 10.2. The Labute approximate surface area is 128 Å². The third-order valence-electron chi connectivity index (χ3n) is 3.28. The van der Waals surface area contributed by atoms with Gasteiger partial charge in [-0.2, -0.15) is 0 Å². The Hall–Kier alpha value is -1.94. The van der Waals surface area contributed by atoms with Crippen molar-refractivity contribution >= 4 is 23.3 Å². The maximum absolute atomic E-state index is 13.7. The lowest BCUT2D eigenvalue weighted by Crippen LogP contribution is -2.31. The molecule has 0 bridgehead atoms. The molecule has 0 saturated heterocycles. The molecule has 4 heteroatoms. The summed E-state index contributed by atoms with van der Waals surface area (Å²) in [6, 6.07) is 10.6. The molecule has 0 spiro atoms. The van der Waals surface area contributed by atoms with E-state index in [9.17, 15) is 9.18 Å². The van der Waals surface area contributed by atoms with Gasteiger partial charge in [-0.15, -0.1) is 11.3 Å². The predicted octanol–water partition coefficient (Wildman–Crippen LogP) is 4.43. The third-order valence-corrected chi connectivity index (χ3v) is 4.36. The van der Waals surface area contributed by atoms with E-state index in [-0.39, 0.29) is 17.8 Å². The van der Waals surface area contributed by atoms with Crippen molar-refractivity contribution in [3.8, 4) is 10.4 Å². The number of rotatable bonds is 4. The molecule has 110 valence electrons. The van der Waals surface area contributed by atoms with Crippen molar-refractivity contribution in [1.82, 2.24) is 4.90 Å². The van der Waals surface area contributed by atoms with Crippen molar-refractivity contribution in [2.24, 2.45) is 0 Å². The van der Waals surface area contributed by atoms with Gasteiger partial charge in [0.1, 0.15) is 5.82 Å². The second kappa shape index (κ2) is 6.68. The average molecular weight is 303 g/mol. The van der Waals surface area contributed by atoms with Gasteiger partial charge in [-0.3, -0.25) is 4.79 Å². The third kappa shape index (κ3) is 3.79.